The van der Waals surface area contributed by atoms with Gasteiger partial charge in [0, 0.05) is 13.1 Å². The number of rotatable bonds is 7. The molecular formula is C18H29NO2. The molecule has 0 saturated heterocycles. The summed E-state index contributed by atoms with van der Waals surface area (Å²) in [5.41, 5.74) is 2.66. The first kappa shape index (κ1) is 16.3. The lowest BCUT2D eigenvalue weighted by Gasteiger charge is -2.24. The SMILES string of the molecule is Cc1cccc(C)c1OCC(O)CNCC1(C)CCCC1. The predicted molar refractivity (Wildman–Crippen MR) is 86.9 cm³/mol. The van der Waals surface area contributed by atoms with Crippen LogP contribution in [0.1, 0.15) is 43.7 Å². The van der Waals surface area contributed by atoms with Crippen LogP contribution in [-0.4, -0.2) is 30.9 Å². The molecule has 0 aliphatic heterocycles. The van der Waals surface area contributed by atoms with Crippen molar-refractivity contribution in [3.63, 3.8) is 0 Å². The molecule has 1 fully saturated rings. The third kappa shape index (κ3) is 4.72. The van der Waals surface area contributed by atoms with Crippen molar-refractivity contribution in [2.24, 2.45) is 5.41 Å². The van der Waals surface area contributed by atoms with Gasteiger partial charge in [0.15, 0.2) is 0 Å². The molecule has 2 N–H and O–H groups in total. The smallest absolute Gasteiger partial charge is 0.125 e. The minimum absolute atomic E-state index is 0.343. The first-order valence-electron chi connectivity index (χ1n) is 8.08. The van der Waals surface area contributed by atoms with Crippen LogP contribution in [0.2, 0.25) is 0 Å². The Morgan fingerprint density at radius 1 is 1.24 bits per heavy atom. The van der Waals surface area contributed by atoms with Gasteiger partial charge < -0.3 is 15.2 Å². The van der Waals surface area contributed by atoms with Gasteiger partial charge in [0.1, 0.15) is 18.5 Å². The van der Waals surface area contributed by atoms with Crippen LogP contribution >= 0.6 is 0 Å². The topological polar surface area (TPSA) is 41.5 Å². The van der Waals surface area contributed by atoms with Gasteiger partial charge in [-0.25, -0.2) is 0 Å². The van der Waals surface area contributed by atoms with Gasteiger partial charge >= 0.3 is 0 Å². The molecule has 1 saturated carbocycles. The van der Waals surface area contributed by atoms with Crippen molar-refractivity contribution >= 4 is 0 Å². The van der Waals surface area contributed by atoms with Crippen molar-refractivity contribution < 1.29 is 9.84 Å². The van der Waals surface area contributed by atoms with Crippen LogP contribution in [0.5, 0.6) is 5.75 Å². The summed E-state index contributed by atoms with van der Waals surface area (Å²) in [6.07, 6.45) is 4.82. The van der Waals surface area contributed by atoms with Crippen molar-refractivity contribution in [2.45, 2.75) is 52.6 Å². The van der Waals surface area contributed by atoms with Crippen LogP contribution in [0.4, 0.5) is 0 Å². The van der Waals surface area contributed by atoms with Gasteiger partial charge in [-0.3, -0.25) is 0 Å². The molecule has 3 heteroatoms. The lowest BCUT2D eigenvalue weighted by atomic mass is 9.89. The number of benzene rings is 1. The normalized spacial score (nSPS) is 18.7. The van der Waals surface area contributed by atoms with Gasteiger partial charge in [0.2, 0.25) is 0 Å². The molecule has 1 aliphatic carbocycles. The zero-order chi connectivity index (χ0) is 15.3. The standard InChI is InChI=1S/C18H29NO2/c1-14-7-6-8-15(2)17(14)21-12-16(20)11-19-13-18(3)9-4-5-10-18/h6-8,16,19-20H,4-5,9-13H2,1-3H3. The first-order chi connectivity index (χ1) is 10.0. The number of hydrogen-bond donors (Lipinski definition) is 2. The molecule has 0 aromatic heterocycles. The van der Waals surface area contributed by atoms with Crippen LogP contribution in [0.15, 0.2) is 18.2 Å². The zero-order valence-electron chi connectivity index (χ0n) is 13.6. The Balaban J connectivity index is 1.71. The molecule has 118 valence electrons. The zero-order valence-corrected chi connectivity index (χ0v) is 13.6. The molecule has 0 spiro atoms. The monoisotopic (exact) mass is 291 g/mol. The van der Waals surface area contributed by atoms with E-state index in [2.05, 4.69) is 12.2 Å². The van der Waals surface area contributed by atoms with E-state index in [1.54, 1.807) is 0 Å². The van der Waals surface area contributed by atoms with Gasteiger partial charge in [0.05, 0.1) is 0 Å². The Morgan fingerprint density at radius 3 is 2.48 bits per heavy atom. The average Bonchev–Trinajstić information content (AvgIpc) is 2.85. The van der Waals surface area contributed by atoms with Crippen molar-refractivity contribution in [2.75, 3.05) is 19.7 Å². The second-order valence-corrected chi connectivity index (χ2v) is 6.83. The van der Waals surface area contributed by atoms with E-state index >= 15 is 0 Å². The third-order valence-electron chi connectivity index (χ3n) is 4.57. The van der Waals surface area contributed by atoms with E-state index in [9.17, 15) is 5.11 Å². The van der Waals surface area contributed by atoms with E-state index < -0.39 is 6.10 Å². The highest BCUT2D eigenvalue weighted by Gasteiger charge is 2.28. The van der Waals surface area contributed by atoms with Crippen molar-refractivity contribution in [1.82, 2.24) is 5.32 Å². The minimum Gasteiger partial charge on any atom is -0.490 e. The summed E-state index contributed by atoms with van der Waals surface area (Å²) in [4.78, 5) is 0. The maximum absolute atomic E-state index is 10.1. The van der Waals surface area contributed by atoms with Gasteiger partial charge in [-0.1, -0.05) is 38.0 Å². The number of para-hydroxylation sites is 1. The fourth-order valence-corrected chi connectivity index (χ4v) is 3.21. The Hall–Kier alpha value is -1.06. The summed E-state index contributed by atoms with van der Waals surface area (Å²) in [5, 5.41) is 13.5. The Labute approximate surface area is 128 Å². The molecule has 0 bridgehead atoms. The molecule has 0 amide bonds. The minimum atomic E-state index is -0.464. The number of nitrogens with one attached hydrogen (secondary N) is 1. The number of ether oxygens (including phenoxy) is 1. The van der Waals surface area contributed by atoms with Gasteiger partial charge in [0.25, 0.3) is 0 Å². The summed E-state index contributed by atoms with van der Waals surface area (Å²) in [7, 11) is 0. The first-order valence-corrected chi connectivity index (χ1v) is 8.08. The largest absolute Gasteiger partial charge is 0.490 e. The van der Waals surface area contributed by atoms with Gasteiger partial charge in [-0.05, 0) is 43.2 Å². The molecule has 21 heavy (non-hydrogen) atoms. The van der Waals surface area contributed by atoms with E-state index in [-0.39, 0.29) is 0 Å². The summed E-state index contributed by atoms with van der Waals surface area (Å²) in [6, 6.07) is 6.10. The molecule has 2 rings (SSSR count). The quantitative estimate of drug-likeness (QED) is 0.810. The molecule has 1 atom stereocenters. The van der Waals surface area contributed by atoms with Crippen molar-refractivity contribution in [3.8, 4) is 5.75 Å². The highest BCUT2D eigenvalue weighted by molar-refractivity contribution is 5.39. The summed E-state index contributed by atoms with van der Waals surface area (Å²) in [5.74, 6) is 0.902. The maximum atomic E-state index is 10.1. The summed E-state index contributed by atoms with van der Waals surface area (Å²) >= 11 is 0. The fourth-order valence-electron chi connectivity index (χ4n) is 3.21. The molecule has 3 nitrogen and oxygen atoms in total. The van der Waals surface area contributed by atoms with Crippen LogP contribution < -0.4 is 10.1 Å². The molecular weight excluding hydrogens is 262 g/mol. The number of aliphatic hydroxyl groups excluding tert-OH is 1. The van der Waals surface area contributed by atoms with Crippen molar-refractivity contribution in [1.29, 1.82) is 0 Å². The number of aryl methyl sites for hydroxylation is 2. The molecule has 0 heterocycles. The van der Waals surface area contributed by atoms with E-state index in [1.807, 2.05) is 32.0 Å². The van der Waals surface area contributed by atoms with Crippen LogP contribution in [0, 0.1) is 19.3 Å². The van der Waals surface area contributed by atoms with Crippen LogP contribution in [0.3, 0.4) is 0 Å². The van der Waals surface area contributed by atoms with E-state index in [0.717, 1.165) is 23.4 Å². The maximum Gasteiger partial charge on any atom is 0.125 e. The highest BCUT2D eigenvalue weighted by Crippen LogP contribution is 2.36. The molecule has 1 unspecified atom stereocenters. The fraction of sp³-hybridized carbons (Fsp3) is 0.667. The van der Waals surface area contributed by atoms with E-state index in [0.29, 0.717) is 18.6 Å². The lowest BCUT2D eigenvalue weighted by molar-refractivity contribution is 0.102. The Morgan fingerprint density at radius 2 is 1.86 bits per heavy atom. The van der Waals surface area contributed by atoms with Gasteiger partial charge in [-0.15, -0.1) is 0 Å². The Kier molecular flexibility index (Phi) is 5.65. The average molecular weight is 291 g/mol. The van der Waals surface area contributed by atoms with E-state index in [4.69, 9.17) is 4.74 Å². The highest BCUT2D eigenvalue weighted by atomic mass is 16.5. The summed E-state index contributed by atoms with van der Waals surface area (Å²) in [6.45, 7) is 8.34. The molecule has 1 aliphatic rings. The second-order valence-electron chi connectivity index (χ2n) is 6.83. The third-order valence-corrected chi connectivity index (χ3v) is 4.57. The molecule has 1 aromatic rings. The predicted octanol–water partition coefficient (Wildman–Crippen LogP) is 3.21. The van der Waals surface area contributed by atoms with Crippen molar-refractivity contribution in [3.05, 3.63) is 29.3 Å². The van der Waals surface area contributed by atoms with Gasteiger partial charge in [-0.2, -0.15) is 0 Å². The summed E-state index contributed by atoms with van der Waals surface area (Å²) < 4.78 is 5.79. The second kappa shape index (κ2) is 7.28. The number of aliphatic hydroxyl groups is 1. The molecule has 0 radical (unpaired) electrons. The van der Waals surface area contributed by atoms with Crippen LogP contribution in [0.25, 0.3) is 0 Å². The van der Waals surface area contributed by atoms with E-state index in [1.165, 1.54) is 25.7 Å². The lowest BCUT2D eigenvalue weighted by Crippen LogP contribution is -2.37. The van der Waals surface area contributed by atoms with Crippen LogP contribution in [-0.2, 0) is 0 Å². The Bertz CT molecular complexity index is 432. The molecule has 1 aromatic carbocycles. The number of hydrogen-bond acceptors (Lipinski definition) is 3.